The van der Waals surface area contributed by atoms with Crippen LogP contribution in [0.5, 0.6) is 5.75 Å². The van der Waals surface area contributed by atoms with E-state index in [2.05, 4.69) is 5.10 Å². The molecule has 1 aromatic heterocycles. The zero-order valence-electron chi connectivity index (χ0n) is 11.1. The Hall–Kier alpha value is -2.57. The number of nitrogen functional groups attached to an aromatic ring is 1. The van der Waals surface area contributed by atoms with Gasteiger partial charge in [0.15, 0.2) is 0 Å². The van der Waals surface area contributed by atoms with E-state index in [0.29, 0.717) is 5.69 Å². The summed E-state index contributed by atoms with van der Waals surface area (Å²) < 4.78 is 24.4. The number of halogens is 1. The molecule has 7 heteroatoms. The topological polar surface area (TPSA) is 79.4 Å². The largest absolute Gasteiger partial charge is 0.494 e. The first-order valence-corrected chi connectivity index (χ1v) is 5.93. The number of esters is 1. The summed E-state index contributed by atoms with van der Waals surface area (Å²) in [6.45, 7) is 1.94. The maximum atomic E-state index is 13.2. The molecule has 0 unspecified atom stereocenters. The first-order valence-electron chi connectivity index (χ1n) is 5.93. The normalized spacial score (nSPS) is 10.3. The van der Waals surface area contributed by atoms with E-state index in [0.717, 1.165) is 0 Å². The minimum atomic E-state index is -0.558. The van der Waals surface area contributed by atoms with Gasteiger partial charge in [0, 0.05) is 6.07 Å². The smallest absolute Gasteiger partial charge is 0.343 e. The SMILES string of the molecule is CCOC(=O)c1cnn(-c2ccc(F)cc2OC)c1N. The van der Waals surface area contributed by atoms with Crippen LogP contribution in [-0.4, -0.2) is 29.5 Å². The molecule has 0 bridgehead atoms. The van der Waals surface area contributed by atoms with Crippen LogP contribution in [-0.2, 0) is 4.74 Å². The van der Waals surface area contributed by atoms with E-state index in [4.69, 9.17) is 15.2 Å². The Labute approximate surface area is 114 Å². The molecule has 2 N–H and O–H groups in total. The molecule has 0 radical (unpaired) electrons. The van der Waals surface area contributed by atoms with Crippen LogP contribution in [0.2, 0.25) is 0 Å². The van der Waals surface area contributed by atoms with Crippen molar-refractivity contribution in [2.75, 3.05) is 19.5 Å². The number of nitrogens with zero attached hydrogens (tertiary/aromatic N) is 2. The minimum Gasteiger partial charge on any atom is -0.494 e. The van der Waals surface area contributed by atoms with Gasteiger partial charge in [-0.25, -0.2) is 13.9 Å². The average molecular weight is 279 g/mol. The van der Waals surface area contributed by atoms with Gasteiger partial charge in [-0.15, -0.1) is 0 Å². The summed E-state index contributed by atoms with van der Waals surface area (Å²) >= 11 is 0. The Kier molecular flexibility index (Phi) is 3.88. The third-order valence-electron chi connectivity index (χ3n) is 2.67. The number of methoxy groups -OCH3 is 1. The maximum absolute atomic E-state index is 13.2. The Morgan fingerprint density at radius 1 is 1.50 bits per heavy atom. The van der Waals surface area contributed by atoms with Gasteiger partial charge in [-0.3, -0.25) is 0 Å². The van der Waals surface area contributed by atoms with Crippen molar-refractivity contribution in [3.8, 4) is 11.4 Å². The highest BCUT2D eigenvalue weighted by Crippen LogP contribution is 2.26. The van der Waals surface area contributed by atoms with Gasteiger partial charge in [-0.2, -0.15) is 5.10 Å². The Bertz CT molecular complexity index is 640. The minimum absolute atomic E-state index is 0.105. The number of hydrogen-bond donors (Lipinski definition) is 1. The molecule has 0 amide bonds. The number of ether oxygens (including phenoxy) is 2. The van der Waals surface area contributed by atoms with Crippen LogP contribution in [0, 0.1) is 5.82 Å². The molecule has 6 nitrogen and oxygen atoms in total. The lowest BCUT2D eigenvalue weighted by Gasteiger charge is -2.10. The van der Waals surface area contributed by atoms with Gasteiger partial charge in [-0.1, -0.05) is 0 Å². The Morgan fingerprint density at radius 3 is 2.90 bits per heavy atom. The van der Waals surface area contributed by atoms with Gasteiger partial charge in [-0.05, 0) is 19.1 Å². The summed E-state index contributed by atoms with van der Waals surface area (Å²) in [5.41, 5.74) is 6.46. The second-order valence-electron chi connectivity index (χ2n) is 3.89. The molecular formula is C13H14FN3O3. The van der Waals surface area contributed by atoms with E-state index in [1.165, 1.54) is 36.2 Å². The average Bonchev–Trinajstić information content (AvgIpc) is 2.80. The molecule has 0 aliphatic heterocycles. The molecule has 2 rings (SSSR count). The summed E-state index contributed by atoms with van der Waals surface area (Å²) in [4.78, 5) is 11.7. The molecule has 0 saturated carbocycles. The summed E-state index contributed by atoms with van der Waals surface area (Å²) in [7, 11) is 1.41. The zero-order chi connectivity index (χ0) is 14.7. The number of hydrogen-bond acceptors (Lipinski definition) is 5. The van der Waals surface area contributed by atoms with Crippen LogP contribution in [0.1, 0.15) is 17.3 Å². The molecule has 0 aliphatic rings. The fourth-order valence-electron chi connectivity index (χ4n) is 1.74. The quantitative estimate of drug-likeness (QED) is 0.863. The molecule has 0 spiro atoms. The van der Waals surface area contributed by atoms with Crippen molar-refractivity contribution >= 4 is 11.8 Å². The highest BCUT2D eigenvalue weighted by molar-refractivity contribution is 5.94. The molecule has 20 heavy (non-hydrogen) atoms. The van der Waals surface area contributed by atoms with E-state index >= 15 is 0 Å². The molecule has 1 aromatic carbocycles. The monoisotopic (exact) mass is 279 g/mol. The number of aromatic nitrogens is 2. The molecule has 1 heterocycles. The number of anilines is 1. The molecule has 0 aliphatic carbocycles. The summed E-state index contributed by atoms with van der Waals surface area (Å²) in [6.07, 6.45) is 1.30. The van der Waals surface area contributed by atoms with Crippen LogP contribution in [0.3, 0.4) is 0 Å². The van der Waals surface area contributed by atoms with E-state index in [9.17, 15) is 9.18 Å². The van der Waals surface area contributed by atoms with Crippen LogP contribution in [0.25, 0.3) is 5.69 Å². The lowest BCUT2D eigenvalue weighted by Crippen LogP contribution is -2.09. The van der Waals surface area contributed by atoms with Crippen LogP contribution in [0.4, 0.5) is 10.2 Å². The fraction of sp³-hybridized carbons (Fsp3) is 0.231. The third-order valence-corrected chi connectivity index (χ3v) is 2.67. The van der Waals surface area contributed by atoms with Crippen molar-refractivity contribution in [1.82, 2.24) is 9.78 Å². The van der Waals surface area contributed by atoms with Crippen LogP contribution < -0.4 is 10.5 Å². The van der Waals surface area contributed by atoms with E-state index in [1.54, 1.807) is 6.92 Å². The number of rotatable bonds is 4. The predicted octanol–water partition coefficient (Wildman–Crippen LogP) is 1.78. The van der Waals surface area contributed by atoms with Crippen LogP contribution in [0.15, 0.2) is 24.4 Å². The number of carbonyl (C=O) groups excluding carboxylic acids is 1. The molecule has 106 valence electrons. The van der Waals surface area contributed by atoms with Crippen molar-refractivity contribution in [2.45, 2.75) is 6.92 Å². The zero-order valence-corrected chi connectivity index (χ0v) is 11.1. The predicted molar refractivity (Wildman–Crippen MR) is 70.4 cm³/mol. The summed E-state index contributed by atoms with van der Waals surface area (Å²) in [5, 5.41) is 4.02. The van der Waals surface area contributed by atoms with Crippen molar-refractivity contribution in [2.24, 2.45) is 0 Å². The van der Waals surface area contributed by atoms with E-state index in [1.807, 2.05) is 0 Å². The van der Waals surface area contributed by atoms with Gasteiger partial charge >= 0.3 is 5.97 Å². The van der Waals surface area contributed by atoms with Crippen molar-refractivity contribution in [1.29, 1.82) is 0 Å². The molecule has 0 fully saturated rings. The summed E-state index contributed by atoms with van der Waals surface area (Å²) in [5.74, 6) is -0.636. The van der Waals surface area contributed by atoms with Gasteiger partial charge < -0.3 is 15.2 Å². The second-order valence-corrected chi connectivity index (χ2v) is 3.89. The van der Waals surface area contributed by atoms with Gasteiger partial charge in [0.25, 0.3) is 0 Å². The van der Waals surface area contributed by atoms with Gasteiger partial charge in [0.2, 0.25) is 0 Å². The molecular weight excluding hydrogens is 265 g/mol. The highest BCUT2D eigenvalue weighted by Gasteiger charge is 2.19. The standard InChI is InChI=1S/C13H14FN3O3/c1-3-20-13(18)9-7-16-17(12(9)15)10-5-4-8(14)6-11(10)19-2/h4-7H,3,15H2,1-2H3. The number of benzene rings is 1. The number of nitrogens with two attached hydrogens (primary N) is 1. The van der Waals surface area contributed by atoms with Gasteiger partial charge in [0.05, 0.1) is 19.9 Å². The van der Waals surface area contributed by atoms with Crippen molar-refractivity contribution in [3.05, 3.63) is 35.8 Å². The number of carbonyl (C=O) groups is 1. The second kappa shape index (κ2) is 5.60. The molecule has 2 aromatic rings. The van der Waals surface area contributed by atoms with Gasteiger partial charge in [0.1, 0.15) is 28.6 Å². The van der Waals surface area contributed by atoms with Crippen molar-refractivity contribution in [3.63, 3.8) is 0 Å². The van der Waals surface area contributed by atoms with E-state index < -0.39 is 11.8 Å². The van der Waals surface area contributed by atoms with Crippen LogP contribution >= 0.6 is 0 Å². The first kappa shape index (κ1) is 13.9. The first-order chi connectivity index (χ1) is 9.58. The lowest BCUT2D eigenvalue weighted by atomic mass is 10.2. The van der Waals surface area contributed by atoms with Crippen molar-refractivity contribution < 1.29 is 18.7 Å². The summed E-state index contributed by atoms with van der Waals surface area (Å²) in [6, 6.07) is 3.93. The maximum Gasteiger partial charge on any atom is 0.343 e. The fourth-order valence-corrected chi connectivity index (χ4v) is 1.74. The molecule has 0 atom stereocenters. The lowest BCUT2D eigenvalue weighted by molar-refractivity contribution is 0.0527. The Balaban J connectivity index is 2.47. The highest BCUT2D eigenvalue weighted by atomic mass is 19.1. The molecule has 0 saturated heterocycles. The Morgan fingerprint density at radius 2 is 2.25 bits per heavy atom. The van der Waals surface area contributed by atoms with E-state index in [-0.39, 0.29) is 23.7 Å². The third kappa shape index (κ3) is 2.42.